The molecular weight excluding hydrogens is 282 g/mol. The first-order chi connectivity index (χ1) is 9.09. The van der Waals surface area contributed by atoms with E-state index in [9.17, 15) is 8.78 Å². The maximum Gasteiger partial charge on any atom is 0.163 e. The predicted octanol–water partition coefficient (Wildman–Crippen LogP) is 3.38. The number of nitrogens with one attached hydrogen (secondary N) is 1. The fourth-order valence-electron chi connectivity index (χ4n) is 2.69. The standard InChI is InChI=1S/C15H22F2N2.ClH/c1-11(2)10-14(19-8-6-18-7-9-19)12-4-3-5-13(16)15(12)17;/h3-5,11,14,18H,6-10H2,1-2H3;1H/t14-;/m1./s1. The molecule has 0 spiro atoms. The normalized spacial score (nSPS) is 17.9. The van der Waals surface area contributed by atoms with Gasteiger partial charge in [-0.2, -0.15) is 0 Å². The van der Waals surface area contributed by atoms with Crippen molar-refractivity contribution in [2.45, 2.75) is 26.3 Å². The lowest BCUT2D eigenvalue weighted by molar-refractivity contribution is 0.150. The molecule has 1 aliphatic rings. The molecule has 2 nitrogen and oxygen atoms in total. The molecule has 0 saturated carbocycles. The van der Waals surface area contributed by atoms with Gasteiger partial charge in [-0.05, 0) is 18.4 Å². The first-order valence-electron chi connectivity index (χ1n) is 6.98. The van der Waals surface area contributed by atoms with Gasteiger partial charge in [0.2, 0.25) is 0 Å². The van der Waals surface area contributed by atoms with Crippen LogP contribution in [0.4, 0.5) is 8.78 Å². The number of hydrogen-bond acceptors (Lipinski definition) is 2. The highest BCUT2D eigenvalue weighted by molar-refractivity contribution is 5.85. The number of piperazine rings is 1. The Balaban J connectivity index is 0.00000200. The summed E-state index contributed by atoms with van der Waals surface area (Å²) in [5, 5.41) is 3.29. The van der Waals surface area contributed by atoms with E-state index in [0.29, 0.717) is 11.5 Å². The van der Waals surface area contributed by atoms with Gasteiger partial charge in [-0.25, -0.2) is 8.78 Å². The molecule has 1 N–H and O–H groups in total. The summed E-state index contributed by atoms with van der Waals surface area (Å²) in [6.45, 7) is 7.82. The Morgan fingerprint density at radius 3 is 2.45 bits per heavy atom. The molecule has 1 aromatic carbocycles. The zero-order chi connectivity index (χ0) is 13.8. The van der Waals surface area contributed by atoms with Crippen LogP contribution in [0.5, 0.6) is 0 Å². The minimum Gasteiger partial charge on any atom is -0.314 e. The van der Waals surface area contributed by atoms with Gasteiger partial charge in [0, 0.05) is 37.8 Å². The van der Waals surface area contributed by atoms with E-state index >= 15 is 0 Å². The summed E-state index contributed by atoms with van der Waals surface area (Å²) in [6, 6.07) is 4.47. The SMILES string of the molecule is CC(C)C[C@H](c1cccc(F)c1F)N1CCNCC1.Cl. The third kappa shape index (κ3) is 4.14. The fraction of sp³-hybridized carbons (Fsp3) is 0.600. The van der Waals surface area contributed by atoms with Gasteiger partial charge >= 0.3 is 0 Å². The monoisotopic (exact) mass is 304 g/mol. The second-order valence-electron chi connectivity index (χ2n) is 5.57. The predicted molar refractivity (Wildman–Crippen MR) is 80.2 cm³/mol. The minimum absolute atomic E-state index is 0. The highest BCUT2D eigenvalue weighted by Gasteiger charge is 2.26. The Morgan fingerprint density at radius 1 is 1.20 bits per heavy atom. The Hall–Kier alpha value is -0.710. The van der Waals surface area contributed by atoms with Gasteiger partial charge in [0.15, 0.2) is 11.6 Å². The second-order valence-corrected chi connectivity index (χ2v) is 5.57. The van der Waals surface area contributed by atoms with Crippen LogP contribution >= 0.6 is 12.4 Å². The van der Waals surface area contributed by atoms with Crippen LogP contribution in [0.1, 0.15) is 31.9 Å². The molecule has 0 aliphatic carbocycles. The zero-order valence-corrected chi connectivity index (χ0v) is 12.9. The van der Waals surface area contributed by atoms with Crippen molar-refractivity contribution in [3.63, 3.8) is 0 Å². The molecule has 1 aromatic rings. The van der Waals surface area contributed by atoms with Crippen LogP contribution in [0.2, 0.25) is 0 Å². The van der Waals surface area contributed by atoms with Crippen LogP contribution in [0.25, 0.3) is 0 Å². The molecule has 0 radical (unpaired) electrons. The Morgan fingerprint density at radius 2 is 1.85 bits per heavy atom. The molecule has 20 heavy (non-hydrogen) atoms. The third-order valence-electron chi connectivity index (χ3n) is 3.63. The van der Waals surface area contributed by atoms with Crippen LogP contribution in [0.3, 0.4) is 0 Å². The van der Waals surface area contributed by atoms with Gasteiger partial charge in [0.05, 0.1) is 0 Å². The van der Waals surface area contributed by atoms with Crippen LogP contribution in [-0.2, 0) is 0 Å². The number of nitrogens with zero attached hydrogens (tertiary/aromatic N) is 1. The number of benzene rings is 1. The number of halogens is 3. The van der Waals surface area contributed by atoms with E-state index in [1.54, 1.807) is 12.1 Å². The van der Waals surface area contributed by atoms with Crippen molar-refractivity contribution in [2.24, 2.45) is 5.92 Å². The summed E-state index contributed by atoms with van der Waals surface area (Å²) < 4.78 is 27.5. The molecule has 1 fully saturated rings. The van der Waals surface area contributed by atoms with Gasteiger partial charge in [0.25, 0.3) is 0 Å². The molecule has 1 atom stereocenters. The lowest BCUT2D eigenvalue weighted by atomic mass is 9.94. The van der Waals surface area contributed by atoms with Crippen LogP contribution < -0.4 is 5.32 Å². The van der Waals surface area contributed by atoms with Crippen molar-refractivity contribution in [1.82, 2.24) is 10.2 Å². The summed E-state index contributed by atoms with van der Waals surface area (Å²) >= 11 is 0. The highest BCUT2D eigenvalue weighted by atomic mass is 35.5. The molecule has 0 unspecified atom stereocenters. The summed E-state index contributed by atoms with van der Waals surface area (Å²) in [5.74, 6) is -0.990. The number of hydrogen-bond donors (Lipinski definition) is 1. The smallest absolute Gasteiger partial charge is 0.163 e. The van der Waals surface area contributed by atoms with Gasteiger partial charge < -0.3 is 5.32 Å². The van der Waals surface area contributed by atoms with E-state index in [4.69, 9.17) is 0 Å². The second kappa shape index (κ2) is 7.91. The average Bonchev–Trinajstić information content (AvgIpc) is 2.40. The van der Waals surface area contributed by atoms with Crippen molar-refractivity contribution >= 4 is 12.4 Å². The Bertz CT molecular complexity index is 420. The van der Waals surface area contributed by atoms with E-state index in [0.717, 1.165) is 32.6 Å². The van der Waals surface area contributed by atoms with E-state index in [1.807, 2.05) is 0 Å². The molecular formula is C15H23ClF2N2. The molecule has 0 amide bonds. The molecule has 5 heteroatoms. The van der Waals surface area contributed by atoms with Gasteiger partial charge in [-0.3, -0.25) is 4.90 Å². The lowest BCUT2D eigenvalue weighted by Gasteiger charge is -2.36. The average molecular weight is 305 g/mol. The van der Waals surface area contributed by atoms with E-state index in [-0.39, 0.29) is 18.4 Å². The van der Waals surface area contributed by atoms with E-state index in [1.165, 1.54) is 6.07 Å². The van der Waals surface area contributed by atoms with Crippen molar-refractivity contribution in [3.8, 4) is 0 Å². The lowest BCUT2D eigenvalue weighted by Crippen LogP contribution is -2.45. The Labute approximate surface area is 126 Å². The van der Waals surface area contributed by atoms with Crippen molar-refractivity contribution in [3.05, 3.63) is 35.4 Å². The maximum absolute atomic E-state index is 14.0. The van der Waals surface area contributed by atoms with Crippen molar-refractivity contribution in [1.29, 1.82) is 0 Å². The summed E-state index contributed by atoms with van der Waals surface area (Å²) in [4.78, 5) is 2.26. The molecule has 1 aliphatic heterocycles. The topological polar surface area (TPSA) is 15.3 Å². The van der Waals surface area contributed by atoms with Gasteiger partial charge in [0.1, 0.15) is 0 Å². The third-order valence-corrected chi connectivity index (χ3v) is 3.63. The highest BCUT2D eigenvalue weighted by Crippen LogP contribution is 2.30. The largest absolute Gasteiger partial charge is 0.314 e. The number of rotatable bonds is 4. The van der Waals surface area contributed by atoms with E-state index < -0.39 is 11.6 Å². The van der Waals surface area contributed by atoms with Gasteiger partial charge in [-0.15, -0.1) is 12.4 Å². The first-order valence-corrected chi connectivity index (χ1v) is 6.98. The summed E-state index contributed by atoms with van der Waals surface area (Å²) in [6.07, 6.45) is 0.848. The minimum atomic E-state index is -0.749. The fourth-order valence-corrected chi connectivity index (χ4v) is 2.69. The Kier molecular flexibility index (Phi) is 6.86. The molecule has 1 heterocycles. The van der Waals surface area contributed by atoms with Gasteiger partial charge in [-0.1, -0.05) is 26.0 Å². The molecule has 2 rings (SSSR count). The molecule has 0 aromatic heterocycles. The maximum atomic E-state index is 14.0. The summed E-state index contributed by atoms with van der Waals surface area (Å²) in [5.41, 5.74) is 0.496. The summed E-state index contributed by atoms with van der Waals surface area (Å²) in [7, 11) is 0. The first kappa shape index (κ1) is 17.3. The molecule has 114 valence electrons. The van der Waals surface area contributed by atoms with Crippen molar-refractivity contribution < 1.29 is 8.78 Å². The van der Waals surface area contributed by atoms with Crippen LogP contribution in [0.15, 0.2) is 18.2 Å². The molecule has 1 saturated heterocycles. The molecule has 0 bridgehead atoms. The zero-order valence-electron chi connectivity index (χ0n) is 12.0. The van der Waals surface area contributed by atoms with Crippen LogP contribution in [-0.4, -0.2) is 31.1 Å². The van der Waals surface area contributed by atoms with Crippen molar-refractivity contribution in [2.75, 3.05) is 26.2 Å². The van der Waals surface area contributed by atoms with Crippen LogP contribution in [0, 0.1) is 17.6 Å². The van der Waals surface area contributed by atoms with E-state index in [2.05, 4.69) is 24.1 Å². The quantitative estimate of drug-likeness (QED) is 0.917.